The van der Waals surface area contributed by atoms with Crippen LogP contribution in [-0.2, 0) is 6.18 Å². The first-order valence-electron chi connectivity index (χ1n) is 6.54. The molecule has 0 saturated heterocycles. The quantitative estimate of drug-likeness (QED) is 0.886. The van der Waals surface area contributed by atoms with Crippen molar-refractivity contribution < 1.29 is 22.6 Å². The second kappa shape index (κ2) is 8.03. The molecule has 1 atom stereocenters. The minimum atomic E-state index is -4.43. The molecule has 2 N–H and O–H groups in total. The number of pyridine rings is 1. The molecule has 0 aliphatic carbocycles. The molecule has 23 heavy (non-hydrogen) atoms. The summed E-state index contributed by atoms with van der Waals surface area (Å²) in [6.07, 6.45) is -3.38. The number of benzene rings is 1. The van der Waals surface area contributed by atoms with Crippen molar-refractivity contribution in [3.8, 4) is 17.4 Å². The predicted molar refractivity (Wildman–Crippen MR) is 82.1 cm³/mol. The average molecular weight is 349 g/mol. The average Bonchev–Trinajstić information content (AvgIpc) is 2.46. The fraction of sp³-hybridized carbons (Fsp3) is 0.267. The molecular weight excluding hydrogens is 333 g/mol. The lowest BCUT2D eigenvalue weighted by atomic mass is 10.2. The lowest BCUT2D eigenvalue weighted by molar-refractivity contribution is -0.137. The van der Waals surface area contributed by atoms with E-state index in [9.17, 15) is 13.2 Å². The van der Waals surface area contributed by atoms with Crippen molar-refractivity contribution in [1.82, 2.24) is 4.98 Å². The van der Waals surface area contributed by atoms with Gasteiger partial charge in [-0.05, 0) is 37.3 Å². The minimum Gasteiger partial charge on any atom is -0.492 e. The van der Waals surface area contributed by atoms with Crippen molar-refractivity contribution in [3.63, 3.8) is 0 Å². The molecule has 4 nitrogen and oxygen atoms in total. The van der Waals surface area contributed by atoms with Crippen LogP contribution in [0.1, 0.15) is 12.5 Å². The summed E-state index contributed by atoms with van der Waals surface area (Å²) in [4.78, 5) is 3.76. The zero-order valence-electron chi connectivity index (χ0n) is 12.2. The van der Waals surface area contributed by atoms with Gasteiger partial charge in [0, 0.05) is 18.3 Å². The molecule has 2 rings (SSSR count). The van der Waals surface area contributed by atoms with Crippen LogP contribution in [0.2, 0.25) is 0 Å². The van der Waals surface area contributed by atoms with Crippen LogP contribution in [0.15, 0.2) is 42.6 Å². The molecule has 0 fully saturated rings. The Morgan fingerprint density at radius 3 is 2.30 bits per heavy atom. The largest absolute Gasteiger partial charge is 0.492 e. The Morgan fingerprint density at radius 1 is 1.13 bits per heavy atom. The zero-order chi connectivity index (χ0) is 16.2. The van der Waals surface area contributed by atoms with E-state index in [1.165, 1.54) is 0 Å². The van der Waals surface area contributed by atoms with E-state index >= 15 is 0 Å². The van der Waals surface area contributed by atoms with E-state index in [0.29, 0.717) is 18.1 Å². The normalized spacial score (nSPS) is 12.2. The Bertz CT molecular complexity index is 619. The molecule has 0 radical (unpaired) electrons. The summed E-state index contributed by atoms with van der Waals surface area (Å²) in [5.41, 5.74) is 4.76. The van der Waals surface area contributed by atoms with E-state index in [0.717, 1.165) is 18.3 Å². The van der Waals surface area contributed by atoms with Gasteiger partial charge in [-0.1, -0.05) is 0 Å². The van der Waals surface area contributed by atoms with Crippen LogP contribution in [0.4, 0.5) is 13.2 Å². The predicted octanol–water partition coefficient (Wildman–Crippen LogP) is 4.04. The minimum absolute atomic E-state index is 0. The highest BCUT2D eigenvalue weighted by atomic mass is 35.5. The molecule has 0 saturated carbocycles. The van der Waals surface area contributed by atoms with E-state index in [-0.39, 0.29) is 24.3 Å². The molecule has 0 spiro atoms. The maximum absolute atomic E-state index is 12.6. The Morgan fingerprint density at radius 2 is 1.74 bits per heavy atom. The van der Waals surface area contributed by atoms with Crippen LogP contribution in [0.3, 0.4) is 0 Å². The van der Waals surface area contributed by atoms with Crippen LogP contribution >= 0.6 is 12.4 Å². The molecule has 0 bridgehead atoms. The second-order valence-corrected chi connectivity index (χ2v) is 4.74. The topological polar surface area (TPSA) is 57.4 Å². The maximum Gasteiger partial charge on any atom is 0.416 e. The smallest absolute Gasteiger partial charge is 0.416 e. The third-order valence-corrected chi connectivity index (χ3v) is 2.62. The van der Waals surface area contributed by atoms with Crippen molar-refractivity contribution >= 4 is 12.4 Å². The summed E-state index contributed by atoms with van der Waals surface area (Å²) in [7, 11) is 0. The number of alkyl halides is 3. The van der Waals surface area contributed by atoms with Crippen LogP contribution in [0.5, 0.6) is 17.4 Å². The van der Waals surface area contributed by atoms with Crippen molar-refractivity contribution in [2.24, 2.45) is 5.73 Å². The summed E-state index contributed by atoms with van der Waals surface area (Å²) in [5, 5.41) is 0. The zero-order valence-corrected chi connectivity index (χ0v) is 13.0. The molecule has 0 aliphatic rings. The number of nitrogens with two attached hydrogens (primary N) is 1. The van der Waals surface area contributed by atoms with Gasteiger partial charge in [0.05, 0.1) is 5.56 Å². The van der Waals surface area contributed by atoms with E-state index in [4.69, 9.17) is 15.2 Å². The number of hydrogen-bond donors (Lipinski definition) is 1. The van der Waals surface area contributed by atoms with Gasteiger partial charge in [0.25, 0.3) is 0 Å². The molecule has 1 heterocycles. The highest BCUT2D eigenvalue weighted by Gasteiger charge is 2.31. The van der Waals surface area contributed by atoms with Crippen molar-refractivity contribution in [3.05, 3.63) is 48.2 Å². The van der Waals surface area contributed by atoms with Crippen LogP contribution < -0.4 is 15.2 Å². The van der Waals surface area contributed by atoms with Crippen LogP contribution in [-0.4, -0.2) is 17.6 Å². The molecule has 1 aromatic carbocycles. The van der Waals surface area contributed by atoms with Gasteiger partial charge in [-0.2, -0.15) is 13.2 Å². The maximum atomic E-state index is 12.6. The lowest BCUT2D eigenvalue weighted by Gasteiger charge is -2.10. The van der Waals surface area contributed by atoms with Crippen LogP contribution in [0.25, 0.3) is 0 Å². The summed E-state index contributed by atoms with van der Waals surface area (Å²) >= 11 is 0. The summed E-state index contributed by atoms with van der Waals surface area (Å²) in [6.45, 7) is 2.19. The summed E-state index contributed by atoms with van der Waals surface area (Å²) < 4.78 is 48.5. The van der Waals surface area contributed by atoms with Crippen molar-refractivity contribution in [2.75, 3.05) is 6.61 Å². The van der Waals surface area contributed by atoms with Crippen LogP contribution in [0, 0.1) is 0 Å². The van der Waals surface area contributed by atoms with E-state index < -0.39 is 11.7 Å². The highest BCUT2D eigenvalue weighted by molar-refractivity contribution is 5.85. The molecule has 1 aromatic heterocycles. The van der Waals surface area contributed by atoms with Gasteiger partial charge in [-0.25, -0.2) is 4.98 Å². The Balaban J connectivity index is 0.00000264. The van der Waals surface area contributed by atoms with E-state index in [1.54, 1.807) is 24.3 Å². The fourth-order valence-corrected chi connectivity index (χ4v) is 1.59. The summed E-state index contributed by atoms with van der Waals surface area (Å²) in [5.74, 6) is 0.834. The van der Waals surface area contributed by atoms with Crippen molar-refractivity contribution in [1.29, 1.82) is 0 Å². The molecule has 0 aliphatic heterocycles. The Kier molecular flexibility index (Phi) is 6.65. The SMILES string of the molecule is CC(N)COc1ccc(Oc2cc(C(F)(F)F)ccn2)cc1.Cl. The Labute approximate surface area is 137 Å². The first-order valence-corrected chi connectivity index (χ1v) is 6.54. The van der Waals surface area contributed by atoms with E-state index in [2.05, 4.69) is 4.98 Å². The van der Waals surface area contributed by atoms with Crippen molar-refractivity contribution in [2.45, 2.75) is 19.1 Å². The fourth-order valence-electron chi connectivity index (χ4n) is 1.59. The van der Waals surface area contributed by atoms with Gasteiger partial charge >= 0.3 is 6.18 Å². The molecule has 2 aromatic rings. The number of hydrogen-bond acceptors (Lipinski definition) is 4. The summed E-state index contributed by atoms with van der Waals surface area (Å²) in [6, 6.07) is 8.09. The third-order valence-electron chi connectivity index (χ3n) is 2.62. The molecular formula is C15H16ClF3N2O2. The van der Waals surface area contributed by atoms with Gasteiger partial charge in [0.15, 0.2) is 0 Å². The Hall–Kier alpha value is -1.99. The van der Waals surface area contributed by atoms with Gasteiger partial charge < -0.3 is 15.2 Å². The second-order valence-electron chi connectivity index (χ2n) is 4.74. The monoisotopic (exact) mass is 348 g/mol. The molecule has 1 unspecified atom stereocenters. The van der Waals surface area contributed by atoms with Gasteiger partial charge in [-0.3, -0.25) is 0 Å². The molecule has 8 heteroatoms. The number of aromatic nitrogens is 1. The number of nitrogens with zero attached hydrogens (tertiary/aromatic N) is 1. The van der Waals surface area contributed by atoms with Gasteiger partial charge in [0.1, 0.15) is 18.1 Å². The number of rotatable bonds is 5. The lowest BCUT2D eigenvalue weighted by Crippen LogP contribution is -2.23. The molecule has 126 valence electrons. The highest BCUT2D eigenvalue weighted by Crippen LogP contribution is 2.31. The van der Waals surface area contributed by atoms with Gasteiger partial charge in [-0.15, -0.1) is 12.4 Å². The first-order chi connectivity index (χ1) is 10.3. The number of halogens is 4. The molecule has 0 amide bonds. The van der Waals surface area contributed by atoms with E-state index in [1.807, 2.05) is 6.92 Å². The standard InChI is InChI=1S/C15H15F3N2O2.ClH/c1-10(19)9-21-12-2-4-13(5-3-12)22-14-8-11(6-7-20-14)15(16,17)18;/h2-8,10H,9,19H2,1H3;1H. The number of ether oxygens (including phenoxy) is 2. The first kappa shape index (κ1) is 19.1. The van der Waals surface area contributed by atoms with Gasteiger partial charge in [0.2, 0.25) is 5.88 Å². The third kappa shape index (κ3) is 5.96.